The minimum absolute atomic E-state index is 0.181. The van der Waals surface area contributed by atoms with Crippen molar-refractivity contribution in [3.8, 4) is 16.9 Å². The van der Waals surface area contributed by atoms with Gasteiger partial charge in [-0.2, -0.15) is 18.3 Å². The predicted octanol–water partition coefficient (Wildman–Crippen LogP) is 6.84. The molecule has 0 fully saturated rings. The number of benzene rings is 2. The largest absolute Gasteiger partial charge is 0.419 e. The van der Waals surface area contributed by atoms with Crippen LogP contribution in [0.4, 0.5) is 23.5 Å². The molecule has 40 heavy (non-hydrogen) atoms. The van der Waals surface area contributed by atoms with Gasteiger partial charge in [0.15, 0.2) is 0 Å². The van der Waals surface area contributed by atoms with Gasteiger partial charge in [-0.3, -0.25) is 0 Å². The molecule has 0 unspecified atom stereocenters. The molecule has 2 aromatic carbocycles. The van der Waals surface area contributed by atoms with E-state index in [-0.39, 0.29) is 12.5 Å². The summed E-state index contributed by atoms with van der Waals surface area (Å²) in [5.74, 6) is -0.239. The van der Waals surface area contributed by atoms with Crippen LogP contribution in [0, 0.1) is 12.7 Å². The van der Waals surface area contributed by atoms with E-state index in [9.17, 15) is 13.2 Å². The average Bonchev–Trinajstić information content (AvgIpc) is 3.58. The summed E-state index contributed by atoms with van der Waals surface area (Å²) in [6.07, 6.45) is 0.852. The molecule has 1 N–H and O–H groups in total. The zero-order valence-corrected chi connectivity index (χ0v) is 22.1. The van der Waals surface area contributed by atoms with Gasteiger partial charge in [-0.25, -0.2) is 19.0 Å². The van der Waals surface area contributed by atoms with Gasteiger partial charge in [-0.15, -0.1) is 0 Å². The Morgan fingerprint density at radius 2 is 1.75 bits per heavy atom. The summed E-state index contributed by atoms with van der Waals surface area (Å²) in [7, 11) is 0. The molecule has 0 spiro atoms. The van der Waals surface area contributed by atoms with E-state index in [2.05, 4.69) is 47.9 Å². The second-order valence-corrected chi connectivity index (χ2v) is 9.92. The molecule has 4 heterocycles. The number of aryl methyl sites for hydroxylation is 2. The molecule has 6 rings (SSSR count). The number of anilines is 1. The third kappa shape index (κ3) is 4.22. The molecule has 0 amide bonds. The highest BCUT2D eigenvalue weighted by Crippen LogP contribution is 2.41. The summed E-state index contributed by atoms with van der Waals surface area (Å²) in [5, 5.41) is 5.74. The van der Waals surface area contributed by atoms with Crippen LogP contribution < -0.4 is 4.90 Å². The first kappa shape index (κ1) is 26.0. The quantitative estimate of drug-likeness (QED) is 0.245. The Labute approximate surface area is 228 Å². The van der Waals surface area contributed by atoms with Crippen LogP contribution in [-0.4, -0.2) is 31.3 Å². The van der Waals surface area contributed by atoms with Gasteiger partial charge < -0.3 is 9.88 Å². The molecule has 0 bridgehead atoms. The lowest BCUT2D eigenvalue weighted by Gasteiger charge is -2.27. The van der Waals surface area contributed by atoms with E-state index in [1.807, 2.05) is 21.7 Å². The number of para-hydroxylation sites is 1. The molecule has 0 aliphatic carbocycles. The molecule has 0 atom stereocenters. The topological polar surface area (TPSA) is 62.6 Å². The number of rotatable bonds is 5. The van der Waals surface area contributed by atoms with Gasteiger partial charge in [0.25, 0.3) is 0 Å². The molecule has 205 valence electrons. The van der Waals surface area contributed by atoms with Crippen LogP contribution in [0.2, 0.25) is 0 Å². The highest BCUT2D eigenvalue weighted by atomic mass is 19.4. The van der Waals surface area contributed by atoms with Crippen molar-refractivity contribution in [2.24, 2.45) is 0 Å². The second kappa shape index (κ2) is 9.76. The molecule has 1 radical (unpaired) electrons. The van der Waals surface area contributed by atoms with Crippen molar-refractivity contribution < 1.29 is 17.6 Å². The predicted molar refractivity (Wildman–Crippen MR) is 146 cm³/mol. The van der Waals surface area contributed by atoms with Crippen molar-refractivity contribution in [2.75, 3.05) is 11.4 Å². The Balaban J connectivity index is 1.58. The number of hydrogen-bond acceptors (Lipinski definition) is 4. The summed E-state index contributed by atoms with van der Waals surface area (Å²) in [4.78, 5) is 13.0. The zero-order valence-electron chi connectivity index (χ0n) is 22.1. The smallest absolute Gasteiger partial charge is 0.361 e. The van der Waals surface area contributed by atoms with Gasteiger partial charge in [0.2, 0.25) is 5.95 Å². The van der Waals surface area contributed by atoms with Gasteiger partial charge >= 0.3 is 6.18 Å². The van der Waals surface area contributed by atoms with Crippen molar-refractivity contribution in [3.63, 3.8) is 0 Å². The molecule has 3 aromatic heterocycles. The number of aromatic nitrogens is 5. The molecule has 1 aliphatic rings. The van der Waals surface area contributed by atoms with Crippen molar-refractivity contribution in [3.05, 3.63) is 95.2 Å². The molecule has 6 nitrogen and oxygen atoms in total. The standard InChI is InChI=1S/C30H27F4N6/c1-4-18-7-6-8-19(5-2)27(18)40-28(25-21-9-11-35-26(21)17(3)13-23(25)31)22-16-39(12-10-24(22)38-40)29-36-14-20(15-37-29)30(32,33)34/h6-9,11,13-15,35H,3-5,10,12,16H2,1-2H3. The summed E-state index contributed by atoms with van der Waals surface area (Å²) in [5.41, 5.74) is 6.09. The first-order chi connectivity index (χ1) is 19.2. The van der Waals surface area contributed by atoms with Crippen molar-refractivity contribution in [2.45, 2.75) is 45.8 Å². The number of halogens is 4. The third-order valence-corrected chi connectivity index (χ3v) is 7.57. The zero-order chi connectivity index (χ0) is 28.2. The first-order valence-electron chi connectivity index (χ1n) is 13.2. The van der Waals surface area contributed by atoms with Gasteiger partial charge in [0, 0.05) is 60.1 Å². The monoisotopic (exact) mass is 547 g/mol. The Kier molecular flexibility index (Phi) is 6.35. The number of H-pyrrole nitrogens is 1. The fraction of sp³-hybridized carbons (Fsp3) is 0.267. The lowest BCUT2D eigenvalue weighted by atomic mass is 9.96. The minimum atomic E-state index is -4.52. The van der Waals surface area contributed by atoms with Crippen LogP contribution in [0.15, 0.2) is 48.9 Å². The van der Waals surface area contributed by atoms with Crippen molar-refractivity contribution in [1.82, 2.24) is 24.7 Å². The number of nitrogens with one attached hydrogen (secondary N) is 1. The summed E-state index contributed by atoms with van der Waals surface area (Å²) >= 11 is 0. The minimum Gasteiger partial charge on any atom is -0.361 e. The van der Waals surface area contributed by atoms with Crippen LogP contribution in [0.5, 0.6) is 0 Å². The maximum Gasteiger partial charge on any atom is 0.419 e. The van der Waals surface area contributed by atoms with Crippen LogP contribution in [0.25, 0.3) is 27.8 Å². The molecule has 0 saturated carbocycles. The van der Waals surface area contributed by atoms with Crippen LogP contribution in [-0.2, 0) is 32.0 Å². The molecular formula is C30H27F4N6. The molecule has 1 aliphatic heterocycles. The summed E-state index contributed by atoms with van der Waals surface area (Å²) in [6.45, 7) is 8.89. The average molecular weight is 548 g/mol. The van der Waals surface area contributed by atoms with Crippen molar-refractivity contribution in [1.29, 1.82) is 0 Å². The van der Waals surface area contributed by atoms with Crippen LogP contribution >= 0.6 is 0 Å². The normalized spacial score (nSPS) is 13.7. The summed E-state index contributed by atoms with van der Waals surface area (Å²) < 4.78 is 57.2. The third-order valence-electron chi connectivity index (χ3n) is 7.57. The Bertz CT molecular complexity index is 1690. The number of hydrogen-bond donors (Lipinski definition) is 1. The lowest BCUT2D eigenvalue weighted by molar-refractivity contribution is -0.138. The maximum atomic E-state index is 16.0. The number of fused-ring (bicyclic) bond motifs is 2. The highest BCUT2D eigenvalue weighted by Gasteiger charge is 2.33. The van der Waals surface area contributed by atoms with E-state index in [1.54, 1.807) is 6.20 Å². The van der Waals surface area contributed by atoms with E-state index >= 15 is 4.39 Å². The van der Waals surface area contributed by atoms with E-state index < -0.39 is 17.6 Å². The van der Waals surface area contributed by atoms with Gasteiger partial charge in [0.05, 0.1) is 22.6 Å². The van der Waals surface area contributed by atoms with Gasteiger partial charge in [-0.05, 0) is 48.6 Å². The Hall–Kier alpha value is -4.21. The van der Waals surface area contributed by atoms with Crippen molar-refractivity contribution >= 4 is 16.9 Å². The van der Waals surface area contributed by atoms with E-state index in [1.165, 1.54) is 6.07 Å². The first-order valence-corrected chi connectivity index (χ1v) is 13.2. The lowest BCUT2D eigenvalue weighted by Crippen LogP contribution is -2.31. The fourth-order valence-corrected chi connectivity index (χ4v) is 5.59. The Morgan fingerprint density at radius 3 is 2.40 bits per heavy atom. The number of nitrogens with zero attached hydrogens (tertiary/aromatic N) is 5. The van der Waals surface area contributed by atoms with Gasteiger partial charge in [-0.1, -0.05) is 32.0 Å². The molecule has 5 aromatic rings. The Morgan fingerprint density at radius 1 is 1.05 bits per heavy atom. The molecule has 0 saturated heterocycles. The SMILES string of the molecule is [CH2]c1cc(F)c(-c2c3c(nn2-c2c(CC)cccc2CC)CCN(c2ncc(C(F)(F)F)cn2)C3)c2cc[nH]c12. The molecular weight excluding hydrogens is 520 g/mol. The number of aromatic amines is 1. The highest BCUT2D eigenvalue weighted by molar-refractivity contribution is 5.98. The maximum absolute atomic E-state index is 16.0. The van der Waals surface area contributed by atoms with E-state index in [0.29, 0.717) is 35.2 Å². The van der Waals surface area contributed by atoms with Crippen LogP contribution in [0.1, 0.15) is 47.4 Å². The second-order valence-electron chi connectivity index (χ2n) is 9.92. The fourth-order valence-electron chi connectivity index (χ4n) is 5.59. The van der Waals surface area contributed by atoms with Crippen LogP contribution in [0.3, 0.4) is 0 Å². The summed E-state index contributed by atoms with van der Waals surface area (Å²) in [6, 6.07) is 9.39. The molecule has 10 heteroatoms. The van der Waals surface area contributed by atoms with Gasteiger partial charge in [0.1, 0.15) is 5.82 Å². The van der Waals surface area contributed by atoms with E-state index in [4.69, 9.17) is 5.10 Å². The number of alkyl halides is 3. The van der Waals surface area contributed by atoms with E-state index in [0.717, 1.165) is 58.8 Å².